The largest absolute Gasteiger partial charge is 0.492 e. The third-order valence-electron chi connectivity index (χ3n) is 3.34. The van der Waals surface area contributed by atoms with Crippen LogP contribution in [0.1, 0.15) is 15.3 Å². The van der Waals surface area contributed by atoms with Gasteiger partial charge in [-0.2, -0.15) is 4.98 Å². The number of anilines is 1. The van der Waals surface area contributed by atoms with Crippen LogP contribution in [0.3, 0.4) is 0 Å². The summed E-state index contributed by atoms with van der Waals surface area (Å²) in [7, 11) is 0. The molecule has 3 aromatic rings. The highest BCUT2D eigenvalue weighted by Gasteiger charge is 2.15. The van der Waals surface area contributed by atoms with Gasteiger partial charge >= 0.3 is 0 Å². The SMILES string of the molecule is Oc1nc(NCc2cccs2)sc1/C=C1\C=Nc2ncccc21. The zero-order chi connectivity index (χ0) is 15.6. The van der Waals surface area contributed by atoms with Crippen LogP contribution in [0.5, 0.6) is 5.88 Å². The number of aromatic nitrogens is 2. The summed E-state index contributed by atoms with van der Waals surface area (Å²) >= 11 is 3.10. The standard InChI is InChI=1S/C16H12N4OS2/c21-15-13(7-10-8-18-14-12(10)4-1-5-17-14)23-16(20-15)19-9-11-3-2-6-22-11/h1-8,21H,9H2,(H,19,20)/b10-7+. The number of fused-ring (bicyclic) bond motifs is 1. The average molecular weight is 340 g/mol. The van der Waals surface area contributed by atoms with Crippen molar-refractivity contribution in [1.29, 1.82) is 0 Å². The summed E-state index contributed by atoms with van der Waals surface area (Å²) < 4.78 is 0. The molecule has 0 atom stereocenters. The van der Waals surface area contributed by atoms with E-state index in [0.717, 1.165) is 11.1 Å². The third-order valence-corrected chi connectivity index (χ3v) is 5.16. The summed E-state index contributed by atoms with van der Waals surface area (Å²) in [5.41, 5.74) is 1.89. The smallest absolute Gasteiger partial charge is 0.231 e. The Bertz CT molecular complexity index is 897. The van der Waals surface area contributed by atoms with Crippen LogP contribution in [0.4, 0.5) is 10.9 Å². The highest BCUT2D eigenvalue weighted by atomic mass is 32.1. The third kappa shape index (κ3) is 2.88. The Labute approximate surface area is 140 Å². The molecule has 0 saturated heterocycles. The van der Waals surface area contributed by atoms with E-state index in [1.807, 2.05) is 29.7 Å². The molecule has 4 heterocycles. The molecule has 0 bridgehead atoms. The van der Waals surface area contributed by atoms with Crippen LogP contribution >= 0.6 is 22.7 Å². The number of hydrogen-bond acceptors (Lipinski definition) is 7. The van der Waals surface area contributed by atoms with E-state index in [0.29, 0.717) is 22.4 Å². The first-order valence-electron chi connectivity index (χ1n) is 6.97. The molecule has 0 fully saturated rings. The fourth-order valence-electron chi connectivity index (χ4n) is 2.25. The molecule has 0 aliphatic carbocycles. The second-order valence-electron chi connectivity index (χ2n) is 4.87. The minimum atomic E-state index is 0.0296. The number of allylic oxidation sites excluding steroid dienone is 1. The predicted octanol–water partition coefficient (Wildman–Crippen LogP) is 4.17. The summed E-state index contributed by atoms with van der Waals surface area (Å²) in [4.78, 5) is 14.6. The number of pyridine rings is 1. The molecule has 0 spiro atoms. The minimum absolute atomic E-state index is 0.0296. The lowest BCUT2D eigenvalue weighted by atomic mass is 10.1. The Kier molecular flexibility index (Phi) is 3.64. The molecule has 0 saturated carbocycles. The number of thiophene rings is 1. The zero-order valence-corrected chi connectivity index (χ0v) is 13.6. The molecule has 7 heteroatoms. The topological polar surface area (TPSA) is 70.4 Å². The highest BCUT2D eigenvalue weighted by Crippen LogP contribution is 2.35. The van der Waals surface area contributed by atoms with E-state index < -0.39 is 0 Å². The number of nitrogens with one attached hydrogen (secondary N) is 1. The van der Waals surface area contributed by atoms with Crippen LogP contribution in [0.25, 0.3) is 11.6 Å². The van der Waals surface area contributed by atoms with Crippen LogP contribution in [0.2, 0.25) is 0 Å². The van der Waals surface area contributed by atoms with Crippen molar-refractivity contribution in [3.63, 3.8) is 0 Å². The molecule has 5 nitrogen and oxygen atoms in total. The molecular weight excluding hydrogens is 328 g/mol. The highest BCUT2D eigenvalue weighted by molar-refractivity contribution is 7.16. The Morgan fingerprint density at radius 1 is 1.26 bits per heavy atom. The van der Waals surface area contributed by atoms with Crippen molar-refractivity contribution in [3.8, 4) is 5.88 Å². The quantitative estimate of drug-likeness (QED) is 0.748. The molecule has 1 aliphatic rings. The second kappa shape index (κ2) is 5.94. The first-order chi connectivity index (χ1) is 11.3. The van der Waals surface area contributed by atoms with Gasteiger partial charge in [-0.15, -0.1) is 11.3 Å². The Hall–Kier alpha value is -2.51. The van der Waals surface area contributed by atoms with Gasteiger partial charge in [-0.05, 0) is 29.7 Å². The zero-order valence-electron chi connectivity index (χ0n) is 11.9. The molecule has 114 valence electrons. The van der Waals surface area contributed by atoms with Crippen LogP contribution < -0.4 is 5.32 Å². The Morgan fingerprint density at radius 2 is 2.22 bits per heavy atom. The van der Waals surface area contributed by atoms with E-state index in [2.05, 4.69) is 26.3 Å². The molecule has 0 aromatic carbocycles. The van der Waals surface area contributed by atoms with Gasteiger partial charge in [0.15, 0.2) is 10.9 Å². The lowest BCUT2D eigenvalue weighted by Crippen LogP contribution is -1.95. The minimum Gasteiger partial charge on any atom is -0.492 e. The summed E-state index contributed by atoms with van der Waals surface area (Å²) in [6.07, 6.45) is 5.37. The fraction of sp³-hybridized carbons (Fsp3) is 0.0625. The molecule has 0 amide bonds. The maximum Gasteiger partial charge on any atom is 0.231 e. The Balaban J connectivity index is 1.56. The van der Waals surface area contributed by atoms with E-state index in [1.165, 1.54) is 16.2 Å². The summed E-state index contributed by atoms with van der Waals surface area (Å²) in [5.74, 6) is 0.737. The molecule has 0 radical (unpaired) electrons. The summed E-state index contributed by atoms with van der Waals surface area (Å²) in [5, 5.41) is 16.0. The van der Waals surface area contributed by atoms with Crippen molar-refractivity contribution in [2.24, 2.45) is 4.99 Å². The Morgan fingerprint density at radius 3 is 3.09 bits per heavy atom. The molecule has 0 unspecified atom stereocenters. The van der Waals surface area contributed by atoms with E-state index in [4.69, 9.17) is 0 Å². The fourth-order valence-corrected chi connectivity index (χ4v) is 3.70. The maximum absolute atomic E-state index is 10.1. The van der Waals surface area contributed by atoms with Gasteiger partial charge in [-0.25, -0.2) is 9.98 Å². The van der Waals surface area contributed by atoms with E-state index in [1.54, 1.807) is 23.7 Å². The van der Waals surface area contributed by atoms with Gasteiger partial charge in [-0.1, -0.05) is 17.4 Å². The van der Waals surface area contributed by atoms with Crippen LogP contribution in [0.15, 0.2) is 40.8 Å². The normalized spacial score (nSPS) is 14.3. The van der Waals surface area contributed by atoms with Crippen molar-refractivity contribution in [1.82, 2.24) is 9.97 Å². The molecule has 4 rings (SSSR count). The second-order valence-corrected chi connectivity index (χ2v) is 6.94. The van der Waals surface area contributed by atoms with Gasteiger partial charge in [-0.3, -0.25) is 0 Å². The monoisotopic (exact) mass is 340 g/mol. The molecule has 23 heavy (non-hydrogen) atoms. The summed E-state index contributed by atoms with van der Waals surface area (Å²) in [6, 6.07) is 7.92. The number of aliphatic imine (C=N–C) groups is 1. The molecule has 3 aromatic heterocycles. The van der Waals surface area contributed by atoms with Gasteiger partial charge in [0.2, 0.25) is 5.88 Å². The van der Waals surface area contributed by atoms with Gasteiger partial charge in [0.1, 0.15) is 0 Å². The van der Waals surface area contributed by atoms with Crippen molar-refractivity contribution >= 4 is 51.5 Å². The number of nitrogens with zero attached hydrogens (tertiary/aromatic N) is 3. The van der Waals surface area contributed by atoms with E-state index in [9.17, 15) is 5.11 Å². The van der Waals surface area contributed by atoms with E-state index in [-0.39, 0.29) is 5.88 Å². The first-order valence-corrected chi connectivity index (χ1v) is 8.66. The molecular formula is C16H12N4OS2. The van der Waals surface area contributed by atoms with E-state index >= 15 is 0 Å². The van der Waals surface area contributed by atoms with Gasteiger partial charge < -0.3 is 10.4 Å². The van der Waals surface area contributed by atoms with Crippen molar-refractivity contribution < 1.29 is 5.11 Å². The average Bonchev–Trinajstić information content (AvgIpc) is 3.28. The van der Waals surface area contributed by atoms with Crippen LogP contribution in [0, 0.1) is 0 Å². The molecule has 2 N–H and O–H groups in total. The maximum atomic E-state index is 10.1. The molecule has 1 aliphatic heterocycles. The van der Waals surface area contributed by atoms with Crippen LogP contribution in [-0.4, -0.2) is 21.3 Å². The van der Waals surface area contributed by atoms with Crippen LogP contribution in [-0.2, 0) is 6.54 Å². The van der Waals surface area contributed by atoms with Gasteiger partial charge in [0, 0.05) is 28.4 Å². The predicted molar refractivity (Wildman–Crippen MR) is 95.7 cm³/mol. The number of aromatic hydroxyl groups is 1. The lowest BCUT2D eigenvalue weighted by Gasteiger charge is -1.98. The van der Waals surface area contributed by atoms with Crippen molar-refractivity contribution in [2.45, 2.75) is 6.54 Å². The number of hydrogen-bond donors (Lipinski definition) is 2. The van der Waals surface area contributed by atoms with Crippen molar-refractivity contribution in [2.75, 3.05) is 5.32 Å². The number of rotatable bonds is 4. The first kappa shape index (κ1) is 14.1. The lowest BCUT2D eigenvalue weighted by molar-refractivity contribution is 0.456. The van der Waals surface area contributed by atoms with Crippen molar-refractivity contribution in [3.05, 3.63) is 51.2 Å². The summed E-state index contributed by atoms with van der Waals surface area (Å²) in [6.45, 7) is 0.703. The number of thiazole rings is 1. The van der Waals surface area contributed by atoms with Gasteiger partial charge in [0.05, 0.1) is 11.4 Å². The van der Waals surface area contributed by atoms with Gasteiger partial charge in [0.25, 0.3) is 0 Å².